The fraction of sp³-hybridized carbons (Fsp3) is 0.368. The zero-order valence-electron chi connectivity index (χ0n) is 16.5. The van der Waals surface area contributed by atoms with Crippen LogP contribution in [0.1, 0.15) is 29.9 Å². The SMILES string of the molecule is C[C@H]1[C@@H](C(F)F)OC(N)=N[C@]1(C)c1cc(NC(=O)c2cnc(OCF)cn2)ccc1F. The van der Waals surface area contributed by atoms with Gasteiger partial charge < -0.3 is 20.5 Å². The molecule has 0 saturated heterocycles. The molecule has 12 heteroatoms. The molecule has 0 radical (unpaired) electrons. The number of hydrogen-bond acceptors (Lipinski definition) is 7. The molecule has 1 aromatic carbocycles. The fourth-order valence-corrected chi connectivity index (χ4v) is 3.24. The molecule has 8 nitrogen and oxygen atoms in total. The van der Waals surface area contributed by atoms with Gasteiger partial charge in [0.15, 0.2) is 6.10 Å². The molecule has 1 aliphatic heterocycles. The molecular formula is C19H19F4N5O3. The van der Waals surface area contributed by atoms with Gasteiger partial charge in [0.25, 0.3) is 18.4 Å². The maximum atomic E-state index is 14.7. The van der Waals surface area contributed by atoms with Crippen LogP contribution in [0.3, 0.4) is 0 Å². The van der Waals surface area contributed by atoms with Crippen molar-refractivity contribution in [1.29, 1.82) is 0 Å². The number of benzene rings is 1. The van der Waals surface area contributed by atoms with Gasteiger partial charge >= 0.3 is 0 Å². The number of hydrogen-bond donors (Lipinski definition) is 2. The molecule has 3 rings (SSSR count). The van der Waals surface area contributed by atoms with E-state index in [1.165, 1.54) is 26.0 Å². The number of ether oxygens (including phenoxy) is 2. The third-order valence-corrected chi connectivity index (χ3v) is 5.06. The molecular weight excluding hydrogens is 422 g/mol. The number of nitrogens with two attached hydrogens (primary N) is 1. The van der Waals surface area contributed by atoms with Crippen LogP contribution in [0.2, 0.25) is 0 Å². The quantitative estimate of drug-likeness (QED) is 0.667. The Balaban J connectivity index is 1.89. The lowest BCUT2D eigenvalue weighted by Gasteiger charge is -2.40. The summed E-state index contributed by atoms with van der Waals surface area (Å²) >= 11 is 0. The molecule has 1 aliphatic rings. The second kappa shape index (κ2) is 8.74. The smallest absolute Gasteiger partial charge is 0.283 e. The number of rotatable bonds is 6. The summed E-state index contributed by atoms with van der Waals surface area (Å²) in [4.78, 5) is 24.0. The van der Waals surface area contributed by atoms with E-state index < -0.39 is 48.6 Å². The second-order valence-corrected chi connectivity index (χ2v) is 6.95. The van der Waals surface area contributed by atoms with E-state index in [0.717, 1.165) is 18.5 Å². The Morgan fingerprint density at radius 1 is 1.35 bits per heavy atom. The van der Waals surface area contributed by atoms with Crippen LogP contribution in [0.15, 0.2) is 35.6 Å². The molecule has 166 valence electrons. The molecule has 0 bridgehead atoms. The van der Waals surface area contributed by atoms with Gasteiger partial charge in [-0.3, -0.25) is 4.79 Å². The van der Waals surface area contributed by atoms with Gasteiger partial charge in [0.05, 0.1) is 17.9 Å². The molecule has 31 heavy (non-hydrogen) atoms. The lowest BCUT2D eigenvalue weighted by atomic mass is 9.77. The first-order valence-corrected chi connectivity index (χ1v) is 9.08. The lowest BCUT2D eigenvalue weighted by Crippen LogP contribution is -2.49. The molecule has 0 unspecified atom stereocenters. The highest BCUT2D eigenvalue weighted by Gasteiger charge is 2.47. The highest BCUT2D eigenvalue weighted by molar-refractivity contribution is 6.02. The van der Waals surface area contributed by atoms with Crippen molar-refractivity contribution >= 4 is 17.6 Å². The van der Waals surface area contributed by atoms with E-state index >= 15 is 0 Å². The first-order chi connectivity index (χ1) is 14.7. The van der Waals surface area contributed by atoms with Crippen molar-refractivity contribution in [3.05, 3.63) is 47.7 Å². The van der Waals surface area contributed by atoms with Gasteiger partial charge in [0, 0.05) is 17.2 Å². The molecule has 0 aliphatic carbocycles. The fourth-order valence-electron chi connectivity index (χ4n) is 3.24. The Labute approximate surface area is 174 Å². The topological polar surface area (TPSA) is 112 Å². The summed E-state index contributed by atoms with van der Waals surface area (Å²) in [6.07, 6.45) is -2.31. The Morgan fingerprint density at radius 2 is 2.10 bits per heavy atom. The van der Waals surface area contributed by atoms with Crippen LogP contribution >= 0.6 is 0 Å². The van der Waals surface area contributed by atoms with E-state index in [1.807, 2.05) is 0 Å². The number of alkyl halides is 3. The Kier molecular flexibility index (Phi) is 6.27. The minimum absolute atomic E-state index is 0.0486. The summed E-state index contributed by atoms with van der Waals surface area (Å²) < 4.78 is 63.0. The molecule has 0 saturated carbocycles. The average molecular weight is 441 g/mol. The van der Waals surface area contributed by atoms with Crippen LogP contribution in [0, 0.1) is 11.7 Å². The Bertz CT molecular complexity index is 989. The molecule has 0 spiro atoms. The summed E-state index contributed by atoms with van der Waals surface area (Å²) in [7, 11) is 0. The van der Waals surface area contributed by atoms with E-state index in [-0.39, 0.29) is 22.8 Å². The highest BCUT2D eigenvalue weighted by Crippen LogP contribution is 2.42. The monoisotopic (exact) mass is 441 g/mol. The van der Waals surface area contributed by atoms with Crippen LogP contribution in [-0.4, -0.2) is 41.3 Å². The van der Waals surface area contributed by atoms with Crippen molar-refractivity contribution in [2.75, 3.05) is 12.2 Å². The summed E-state index contributed by atoms with van der Waals surface area (Å²) in [6.45, 7) is 1.82. The number of anilines is 1. The summed E-state index contributed by atoms with van der Waals surface area (Å²) in [5.41, 5.74) is 4.10. The highest BCUT2D eigenvalue weighted by atomic mass is 19.3. The maximum Gasteiger partial charge on any atom is 0.283 e. The number of amides is 1. The van der Waals surface area contributed by atoms with Crippen molar-refractivity contribution < 1.29 is 31.8 Å². The van der Waals surface area contributed by atoms with Crippen molar-refractivity contribution in [2.45, 2.75) is 31.9 Å². The van der Waals surface area contributed by atoms with Crippen molar-refractivity contribution in [3.8, 4) is 5.88 Å². The number of aromatic nitrogens is 2. The van der Waals surface area contributed by atoms with Gasteiger partial charge in [0.1, 0.15) is 11.5 Å². The van der Waals surface area contributed by atoms with Crippen LogP contribution in [0.4, 0.5) is 23.2 Å². The number of nitrogens with one attached hydrogen (secondary N) is 1. The van der Waals surface area contributed by atoms with E-state index in [1.54, 1.807) is 0 Å². The number of nitrogens with zero attached hydrogens (tertiary/aromatic N) is 3. The standard InChI is InChI=1S/C19H19F4N5O3/c1-9-15(16(22)23)31-18(24)28-19(9,2)11-5-10(3-4-12(11)21)27-17(29)13-6-26-14(7-25-13)30-8-20/h3-7,9,15-16H,8H2,1-2H3,(H2,24,28)(H,27,29)/t9-,15-,19-/m0/s1. The average Bonchev–Trinajstić information content (AvgIpc) is 2.72. The molecule has 2 heterocycles. The third kappa shape index (κ3) is 4.52. The number of carbonyl (C=O) groups excluding carboxylic acids is 1. The van der Waals surface area contributed by atoms with Gasteiger partial charge in [-0.05, 0) is 25.1 Å². The first kappa shape index (κ1) is 22.2. The number of carbonyl (C=O) groups is 1. The number of aliphatic imine (C=N–C) groups is 1. The first-order valence-electron chi connectivity index (χ1n) is 9.08. The summed E-state index contributed by atoms with van der Waals surface area (Å²) in [5.74, 6) is -2.44. The molecule has 0 fully saturated rings. The van der Waals surface area contributed by atoms with Crippen molar-refractivity contribution in [1.82, 2.24) is 9.97 Å². The van der Waals surface area contributed by atoms with Crippen LogP contribution in [-0.2, 0) is 10.3 Å². The van der Waals surface area contributed by atoms with Gasteiger partial charge in [-0.2, -0.15) is 0 Å². The molecule has 3 N–H and O–H groups in total. The zero-order valence-corrected chi connectivity index (χ0v) is 16.5. The lowest BCUT2D eigenvalue weighted by molar-refractivity contribution is -0.0573. The van der Waals surface area contributed by atoms with Gasteiger partial charge in [-0.25, -0.2) is 32.5 Å². The van der Waals surface area contributed by atoms with E-state index in [4.69, 9.17) is 10.5 Å². The van der Waals surface area contributed by atoms with E-state index in [9.17, 15) is 22.4 Å². The minimum atomic E-state index is -2.86. The predicted molar refractivity (Wildman–Crippen MR) is 102 cm³/mol. The number of amidine groups is 1. The molecule has 1 amide bonds. The second-order valence-electron chi connectivity index (χ2n) is 6.95. The third-order valence-electron chi connectivity index (χ3n) is 5.06. The van der Waals surface area contributed by atoms with Crippen LogP contribution < -0.4 is 15.8 Å². The van der Waals surface area contributed by atoms with Gasteiger partial charge in [-0.15, -0.1) is 0 Å². The Hall–Kier alpha value is -3.44. The normalized spacial score (nSPS) is 23.1. The summed E-state index contributed by atoms with van der Waals surface area (Å²) in [6, 6.07) is 3.16. The van der Waals surface area contributed by atoms with E-state index in [0.29, 0.717) is 0 Å². The molecule has 1 aromatic heterocycles. The predicted octanol–water partition coefficient (Wildman–Crippen LogP) is 3.00. The van der Waals surface area contributed by atoms with Crippen LogP contribution in [0.5, 0.6) is 5.88 Å². The minimum Gasteiger partial charge on any atom is -0.456 e. The van der Waals surface area contributed by atoms with Crippen molar-refractivity contribution in [3.63, 3.8) is 0 Å². The zero-order chi connectivity index (χ0) is 22.8. The van der Waals surface area contributed by atoms with E-state index in [2.05, 4.69) is 25.0 Å². The molecule has 3 atom stereocenters. The van der Waals surface area contributed by atoms with Crippen molar-refractivity contribution in [2.24, 2.45) is 16.6 Å². The van der Waals surface area contributed by atoms with Gasteiger partial charge in [0.2, 0.25) is 12.7 Å². The molecule has 2 aromatic rings. The largest absolute Gasteiger partial charge is 0.456 e. The Morgan fingerprint density at radius 3 is 2.71 bits per heavy atom. The van der Waals surface area contributed by atoms with Crippen LogP contribution in [0.25, 0.3) is 0 Å². The number of halogens is 4. The van der Waals surface area contributed by atoms with Gasteiger partial charge in [-0.1, -0.05) is 6.92 Å². The summed E-state index contributed by atoms with van der Waals surface area (Å²) in [5, 5.41) is 2.51. The maximum absolute atomic E-state index is 14.7.